The van der Waals surface area contributed by atoms with Gasteiger partial charge in [-0.05, 0) is 29.1 Å². The Kier molecular flexibility index (Phi) is 5.98. The van der Waals surface area contributed by atoms with Crippen molar-refractivity contribution in [3.05, 3.63) is 91.0 Å². The third kappa shape index (κ3) is 3.52. The second-order valence-electron chi connectivity index (χ2n) is 5.41. The van der Waals surface area contributed by atoms with E-state index in [1.54, 1.807) is 11.8 Å². The van der Waals surface area contributed by atoms with E-state index in [0.717, 1.165) is 0 Å². The van der Waals surface area contributed by atoms with Gasteiger partial charge in [0.05, 0.1) is 5.94 Å². The van der Waals surface area contributed by atoms with Gasteiger partial charge in [0.2, 0.25) is 0 Å². The lowest BCUT2D eigenvalue weighted by Gasteiger charge is -2.28. The van der Waals surface area contributed by atoms with Crippen LogP contribution in [0.3, 0.4) is 0 Å². The largest absolute Gasteiger partial charge is 0.342 e. The van der Waals surface area contributed by atoms with Crippen LogP contribution in [-0.4, -0.2) is 18.2 Å². The molecule has 0 bridgehead atoms. The second kappa shape index (κ2) is 8.39. The van der Waals surface area contributed by atoms with Crippen LogP contribution in [0.4, 0.5) is 0 Å². The van der Waals surface area contributed by atoms with Crippen LogP contribution in [0.25, 0.3) is 0 Å². The molecule has 0 aliphatic heterocycles. The molecule has 0 aliphatic carbocycles. The Balaban J connectivity index is 2.31. The standard InChI is InChI=1S/C21H21OPS/c1-24-18-22-17-23(19-11-5-2-6-12-19,20-13-7-3-8-14-20)21-15-9-4-10-16-21/h2-17H,18H2,1H3. The number of hydrogen-bond donors (Lipinski definition) is 0. The van der Waals surface area contributed by atoms with Gasteiger partial charge >= 0.3 is 0 Å². The minimum Gasteiger partial charge on any atom is -0.342 e. The minimum absolute atomic E-state index is 0.661. The van der Waals surface area contributed by atoms with Crippen molar-refractivity contribution in [3.63, 3.8) is 0 Å². The quantitative estimate of drug-likeness (QED) is 0.376. The molecule has 1 nitrogen and oxygen atoms in total. The topological polar surface area (TPSA) is 9.23 Å². The Labute approximate surface area is 148 Å². The van der Waals surface area contributed by atoms with Gasteiger partial charge in [0.15, 0.2) is 0 Å². The van der Waals surface area contributed by atoms with Gasteiger partial charge in [-0.3, -0.25) is 0 Å². The van der Waals surface area contributed by atoms with E-state index in [1.807, 2.05) is 0 Å². The van der Waals surface area contributed by atoms with E-state index in [4.69, 9.17) is 4.74 Å². The molecule has 0 atom stereocenters. The molecule has 0 saturated carbocycles. The maximum atomic E-state index is 6.00. The molecule has 0 radical (unpaired) electrons. The summed E-state index contributed by atoms with van der Waals surface area (Å²) in [5, 5.41) is 3.93. The summed E-state index contributed by atoms with van der Waals surface area (Å²) in [6, 6.07) is 32.1. The molecule has 24 heavy (non-hydrogen) atoms. The van der Waals surface area contributed by atoms with Crippen LogP contribution in [0.1, 0.15) is 0 Å². The van der Waals surface area contributed by atoms with Gasteiger partial charge in [-0.2, -0.15) is 0 Å². The summed E-state index contributed by atoms with van der Waals surface area (Å²) in [7, 11) is 0. The van der Waals surface area contributed by atoms with Crippen molar-refractivity contribution >= 4 is 40.5 Å². The molecule has 0 unspecified atom stereocenters. The van der Waals surface area contributed by atoms with E-state index in [0.29, 0.717) is 5.94 Å². The lowest BCUT2D eigenvalue weighted by molar-refractivity contribution is 0.408. The molecule has 0 heterocycles. The molecule has 3 aromatic carbocycles. The summed E-state index contributed by atoms with van der Waals surface area (Å²) in [5.41, 5.74) is 0. The van der Waals surface area contributed by atoms with E-state index >= 15 is 0 Å². The average Bonchev–Trinajstić information content (AvgIpc) is 2.68. The van der Waals surface area contributed by atoms with Gasteiger partial charge < -0.3 is 4.74 Å². The highest BCUT2D eigenvalue weighted by atomic mass is 32.2. The Morgan fingerprint density at radius 2 is 1.08 bits per heavy atom. The fourth-order valence-corrected chi connectivity index (χ4v) is 6.62. The molecule has 0 N–H and O–H groups in total. The highest BCUT2D eigenvalue weighted by Crippen LogP contribution is 2.43. The van der Waals surface area contributed by atoms with Crippen molar-refractivity contribution in [1.82, 2.24) is 0 Å². The molecule has 3 rings (SSSR count). The molecule has 0 amide bonds. The number of ether oxygens (including phenoxy) is 1. The molecule has 0 fully saturated rings. The van der Waals surface area contributed by atoms with E-state index in [-0.39, 0.29) is 0 Å². The molecule has 3 aromatic rings. The van der Waals surface area contributed by atoms with E-state index < -0.39 is 6.89 Å². The third-order valence-electron chi connectivity index (χ3n) is 3.91. The Bertz CT molecular complexity index is 698. The Morgan fingerprint density at radius 1 is 0.708 bits per heavy atom. The predicted octanol–water partition coefficient (Wildman–Crippen LogP) is 4.08. The monoisotopic (exact) mass is 352 g/mol. The fraction of sp³-hybridized carbons (Fsp3) is 0.0952. The fourth-order valence-electron chi connectivity index (χ4n) is 2.83. The van der Waals surface area contributed by atoms with E-state index in [2.05, 4.69) is 103 Å². The molecule has 0 spiro atoms. The number of hydrogen-bond acceptors (Lipinski definition) is 2. The van der Waals surface area contributed by atoms with E-state index in [1.165, 1.54) is 15.9 Å². The molecule has 0 aliphatic rings. The van der Waals surface area contributed by atoms with Gasteiger partial charge in [-0.25, -0.2) is 0 Å². The minimum atomic E-state index is -1.94. The Hall–Kier alpha value is -1.73. The zero-order chi connectivity index (χ0) is 16.7. The SMILES string of the molecule is CSCOC=P(c1ccccc1)(c1ccccc1)c1ccccc1. The van der Waals surface area contributed by atoms with E-state index in [9.17, 15) is 0 Å². The molecule has 3 heteroatoms. The summed E-state index contributed by atoms with van der Waals surface area (Å²) >= 11 is 1.69. The van der Waals surface area contributed by atoms with Gasteiger partial charge in [0.1, 0.15) is 0 Å². The van der Waals surface area contributed by atoms with Crippen molar-refractivity contribution in [2.24, 2.45) is 0 Å². The van der Waals surface area contributed by atoms with Gasteiger partial charge in [-0.15, -0.1) is 11.8 Å². The maximum Gasteiger partial charge on any atom is 0.0977 e. The lowest BCUT2D eigenvalue weighted by Crippen LogP contribution is -2.27. The molecule has 122 valence electrons. The van der Waals surface area contributed by atoms with Crippen LogP contribution in [0.15, 0.2) is 91.0 Å². The first-order valence-corrected chi connectivity index (χ1v) is 11.1. The number of thioether (sulfide) groups is 1. The summed E-state index contributed by atoms with van der Waals surface area (Å²) in [5.74, 6) is 2.76. The zero-order valence-electron chi connectivity index (χ0n) is 13.7. The van der Waals surface area contributed by atoms with Crippen molar-refractivity contribution < 1.29 is 4.74 Å². The second-order valence-corrected chi connectivity index (χ2v) is 9.43. The molecule has 0 aromatic heterocycles. The summed E-state index contributed by atoms with van der Waals surface area (Å²) < 4.78 is 6.00. The van der Waals surface area contributed by atoms with Crippen LogP contribution in [0.2, 0.25) is 0 Å². The number of rotatable bonds is 6. The van der Waals surface area contributed by atoms with Crippen molar-refractivity contribution in [2.75, 3.05) is 12.2 Å². The van der Waals surface area contributed by atoms with Crippen molar-refractivity contribution in [1.29, 1.82) is 0 Å². The Morgan fingerprint density at radius 3 is 1.42 bits per heavy atom. The molecule has 0 saturated heterocycles. The third-order valence-corrected chi connectivity index (χ3v) is 8.08. The van der Waals surface area contributed by atoms with Crippen LogP contribution in [0.5, 0.6) is 0 Å². The van der Waals surface area contributed by atoms with Gasteiger partial charge in [0, 0.05) is 5.98 Å². The molecular formula is C21H21OPS. The van der Waals surface area contributed by atoms with Gasteiger partial charge in [-0.1, -0.05) is 91.0 Å². The van der Waals surface area contributed by atoms with Crippen LogP contribution >= 0.6 is 18.6 Å². The van der Waals surface area contributed by atoms with Crippen LogP contribution in [0, 0.1) is 0 Å². The smallest absolute Gasteiger partial charge is 0.0977 e. The highest BCUT2D eigenvalue weighted by molar-refractivity contribution is 7.98. The first-order valence-electron chi connectivity index (χ1n) is 7.88. The summed E-state index contributed by atoms with van der Waals surface area (Å²) in [4.78, 5) is 0. The first-order chi connectivity index (χ1) is 11.9. The highest BCUT2D eigenvalue weighted by Gasteiger charge is 2.25. The number of benzene rings is 3. The maximum absolute atomic E-state index is 6.00. The summed E-state index contributed by atoms with van der Waals surface area (Å²) in [6.45, 7) is -1.94. The van der Waals surface area contributed by atoms with Crippen molar-refractivity contribution in [2.45, 2.75) is 0 Å². The lowest BCUT2D eigenvalue weighted by atomic mass is 10.4. The first kappa shape index (κ1) is 17.1. The summed E-state index contributed by atoms with van der Waals surface area (Å²) in [6.07, 6.45) is 2.06. The van der Waals surface area contributed by atoms with Crippen LogP contribution < -0.4 is 15.9 Å². The average molecular weight is 352 g/mol. The predicted molar refractivity (Wildman–Crippen MR) is 111 cm³/mol. The van der Waals surface area contributed by atoms with Crippen molar-refractivity contribution in [3.8, 4) is 0 Å². The van der Waals surface area contributed by atoms with Gasteiger partial charge in [0.25, 0.3) is 0 Å². The zero-order valence-corrected chi connectivity index (χ0v) is 15.4. The van der Waals surface area contributed by atoms with Crippen LogP contribution in [-0.2, 0) is 4.74 Å². The molecular weight excluding hydrogens is 331 g/mol. The normalized spacial score (nSPS) is 11.2.